The van der Waals surface area contributed by atoms with Crippen LogP contribution in [-0.4, -0.2) is 24.1 Å². The molecule has 0 aliphatic rings. The zero-order valence-electron chi connectivity index (χ0n) is 13.6. The molecule has 0 aliphatic carbocycles. The molecule has 1 heterocycles. The maximum Gasteiger partial charge on any atom is 0.220 e. The van der Waals surface area contributed by atoms with Crippen LogP contribution in [0.2, 0.25) is 0 Å². The molecule has 2 rings (SSSR count). The molecule has 0 radical (unpaired) electrons. The van der Waals surface area contributed by atoms with Crippen molar-refractivity contribution in [3.63, 3.8) is 0 Å². The largest absolute Gasteiger partial charge is 0.496 e. The van der Waals surface area contributed by atoms with Gasteiger partial charge in [-0.1, -0.05) is 18.2 Å². The number of hydrogen-bond donors (Lipinski definition) is 1. The summed E-state index contributed by atoms with van der Waals surface area (Å²) >= 11 is 0. The number of hydrogen-bond acceptors (Lipinski definition) is 2. The lowest BCUT2D eigenvalue weighted by Crippen LogP contribution is -2.27. The molecule has 22 heavy (non-hydrogen) atoms. The van der Waals surface area contributed by atoms with E-state index in [1.54, 1.807) is 7.11 Å². The summed E-state index contributed by atoms with van der Waals surface area (Å²) in [5.41, 5.74) is 3.51. The van der Waals surface area contributed by atoms with Gasteiger partial charge >= 0.3 is 0 Å². The first-order valence-electron chi connectivity index (χ1n) is 7.63. The summed E-state index contributed by atoms with van der Waals surface area (Å²) in [7, 11) is 1.65. The number of nitrogens with zero attached hydrogens (tertiary/aromatic N) is 1. The van der Waals surface area contributed by atoms with Gasteiger partial charge in [-0.2, -0.15) is 0 Å². The van der Waals surface area contributed by atoms with Crippen LogP contribution in [0.1, 0.15) is 23.4 Å². The minimum absolute atomic E-state index is 0.0772. The molecule has 0 spiro atoms. The van der Waals surface area contributed by atoms with E-state index < -0.39 is 0 Å². The maximum atomic E-state index is 12.0. The number of carbonyl (C=O) groups is 1. The monoisotopic (exact) mass is 300 g/mol. The molecule has 4 heteroatoms. The predicted octanol–water partition coefficient (Wildman–Crippen LogP) is 2.86. The number of nitrogens with one attached hydrogen (secondary N) is 1. The van der Waals surface area contributed by atoms with Crippen molar-refractivity contribution in [1.29, 1.82) is 0 Å². The highest BCUT2D eigenvalue weighted by Gasteiger charge is 2.06. The lowest BCUT2D eigenvalue weighted by Gasteiger charge is -2.11. The number of ether oxygens (including phenoxy) is 1. The number of methoxy groups -OCH3 is 1. The Labute approximate surface area is 132 Å². The van der Waals surface area contributed by atoms with E-state index in [-0.39, 0.29) is 5.91 Å². The number of aromatic nitrogens is 1. The minimum atomic E-state index is 0.0772. The van der Waals surface area contributed by atoms with Crippen LogP contribution in [0.3, 0.4) is 0 Å². The summed E-state index contributed by atoms with van der Waals surface area (Å²) in [6, 6.07) is 12.0. The summed E-state index contributed by atoms with van der Waals surface area (Å²) in [6.45, 7) is 5.62. The maximum absolute atomic E-state index is 12.0. The van der Waals surface area contributed by atoms with Gasteiger partial charge in [0.05, 0.1) is 7.11 Å². The van der Waals surface area contributed by atoms with Crippen molar-refractivity contribution in [3.05, 3.63) is 53.3 Å². The number of benzene rings is 1. The van der Waals surface area contributed by atoms with Crippen LogP contribution in [0.15, 0.2) is 36.4 Å². The van der Waals surface area contributed by atoms with Crippen molar-refractivity contribution >= 4 is 5.91 Å². The molecule has 2 aromatic rings. The van der Waals surface area contributed by atoms with E-state index in [2.05, 4.69) is 35.9 Å². The topological polar surface area (TPSA) is 43.3 Å². The van der Waals surface area contributed by atoms with Crippen molar-refractivity contribution in [2.24, 2.45) is 0 Å². The molecule has 0 aliphatic heterocycles. The first kappa shape index (κ1) is 16.1. The predicted molar refractivity (Wildman–Crippen MR) is 88.2 cm³/mol. The number of amides is 1. The number of carbonyl (C=O) groups excluding carboxylic acids is 1. The van der Waals surface area contributed by atoms with Gasteiger partial charge in [-0.25, -0.2) is 0 Å². The third-order valence-corrected chi connectivity index (χ3v) is 3.89. The van der Waals surface area contributed by atoms with Gasteiger partial charge in [-0.3, -0.25) is 4.79 Å². The summed E-state index contributed by atoms with van der Waals surface area (Å²) in [5.74, 6) is 0.919. The third kappa shape index (κ3) is 4.13. The molecule has 1 aromatic heterocycles. The Bertz CT molecular complexity index is 612. The summed E-state index contributed by atoms with van der Waals surface area (Å²) < 4.78 is 7.51. The van der Waals surface area contributed by atoms with Gasteiger partial charge in [0.15, 0.2) is 0 Å². The number of aryl methyl sites for hydroxylation is 3. The third-order valence-electron chi connectivity index (χ3n) is 3.89. The van der Waals surface area contributed by atoms with Crippen LogP contribution in [0.4, 0.5) is 0 Å². The van der Waals surface area contributed by atoms with E-state index in [0.29, 0.717) is 19.4 Å². The van der Waals surface area contributed by atoms with Crippen LogP contribution in [-0.2, 0) is 17.8 Å². The van der Waals surface area contributed by atoms with Gasteiger partial charge in [-0.05, 0) is 44.0 Å². The van der Waals surface area contributed by atoms with Gasteiger partial charge in [0, 0.05) is 30.9 Å². The molecule has 1 aromatic carbocycles. The fraction of sp³-hybridized carbons (Fsp3) is 0.389. The lowest BCUT2D eigenvalue weighted by molar-refractivity contribution is -0.121. The van der Waals surface area contributed by atoms with Crippen LogP contribution in [0.25, 0.3) is 0 Å². The number of rotatable bonds is 7. The van der Waals surface area contributed by atoms with E-state index in [1.807, 2.05) is 24.3 Å². The highest BCUT2D eigenvalue weighted by Crippen LogP contribution is 2.18. The molecule has 1 N–H and O–H groups in total. The molecular weight excluding hydrogens is 276 g/mol. The minimum Gasteiger partial charge on any atom is -0.496 e. The molecular formula is C18H24N2O2. The zero-order valence-corrected chi connectivity index (χ0v) is 13.6. The average molecular weight is 300 g/mol. The Kier molecular flexibility index (Phi) is 5.64. The second kappa shape index (κ2) is 7.69. The Morgan fingerprint density at radius 2 is 1.82 bits per heavy atom. The van der Waals surface area contributed by atoms with Crippen LogP contribution in [0, 0.1) is 13.8 Å². The van der Waals surface area contributed by atoms with E-state index in [9.17, 15) is 4.79 Å². The van der Waals surface area contributed by atoms with Gasteiger partial charge in [0.2, 0.25) is 5.91 Å². The normalized spacial score (nSPS) is 10.5. The fourth-order valence-electron chi connectivity index (χ4n) is 2.61. The number of para-hydroxylation sites is 1. The molecule has 118 valence electrons. The van der Waals surface area contributed by atoms with Crippen molar-refractivity contribution < 1.29 is 9.53 Å². The molecule has 0 atom stereocenters. The second-order valence-electron chi connectivity index (χ2n) is 5.43. The van der Waals surface area contributed by atoms with Gasteiger partial charge in [-0.15, -0.1) is 0 Å². The molecule has 4 nitrogen and oxygen atoms in total. The van der Waals surface area contributed by atoms with Crippen LogP contribution < -0.4 is 10.1 Å². The average Bonchev–Trinajstić information content (AvgIpc) is 2.85. The Morgan fingerprint density at radius 1 is 1.14 bits per heavy atom. The Morgan fingerprint density at radius 3 is 2.50 bits per heavy atom. The first-order valence-corrected chi connectivity index (χ1v) is 7.63. The highest BCUT2D eigenvalue weighted by molar-refractivity contribution is 5.76. The Hall–Kier alpha value is -2.23. The van der Waals surface area contributed by atoms with Crippen molar-refractivity contribution in [2.75, 3.05) is 13.7 Å². The first-order chi connectivity index (χ1) is 10.6. The van der Waals surface area contributed by atoms with Crippen molar-refractivity contribution in [2.45, 2.75) is 33.2 Å². The molecule has 0 saturated carbocycles. The quantitative estimate of drug-likeness (QED) is 0.854. The van der Waals surface area contributed by atoms with Crippen molar-refractivity contribution in [3.8, 4) is 5.75 Å². The summed E-state index contributed by atoms with van der Waals surface area (Å²) in [5, 5.41) is 2.98. The van der Waals surface area contributed by atoms with Crippen molar-refractivity contribution in [1.82, 2.24) is 9.88 Å². The van der Waals surface area contributed by atoms with E-state index in [0.717, 1.165) is 17.9 Å². The van der Waals surface area contributed by atoms with Gasteiger partial charge in [0.1, 0.15) is 5.75 Å². The van der Waals surface area contributed by atoms with E-state index >= 15 is 0 Å². The van der Waals surface area contributed by atoms with Crippen LogP contribution in [0.5, 0.6) is 5.75 Å². The van der Waals surface area contributed by atoms with Gasteiger partial charge < -0.3 is 14.6 Å². The lowest BCUT2D eigenvalue weighted by atomic mass is 10.1. The standard InChI is InChI=1S/C18H24N2O2/c1-14-8-9-15(2)20(14)13-12-19-18(21)11-10-16-6-4-5-7-17(16)22-3/h4-9H,10-13H2,1-3H3,(H,19,21). The van der Waals surface area contributed by atoms with E-state index in [1.165, 1.54) is 11.4 Å². The Balaban J connectivity index is 1.77. The SMILES string of the molecule is COc1ccccc1CCC(=O)NCCn1c(C)ccc1C. The zero-order chi connectivity index (χ0) is 15.9. The molecule has 0 unspecified atom stereocenters. The van der Waals surface area contributed by atoms with Gasteiger partial charge in [0.25, 0.3) is 0 Å². The van der Waals surface area contributed by atoms with E-state index in [4.69, 9.17) is 4.74 Å². The summed E-state index contributed by atoms with van der Waals surface area (Å²) in [4.78, 5) is 12.0. The second-order valence-corrected chi connectivity index (χ2v) is 5.43. The highest BCUT2D eigenvalue weighted by atomic mass is 16.5. The molecule has 1 amide bonds. The summed E-state index contributed by atoms with van der Waals surface area (Å²) in [6.07, 6.45) is 1.17. The fourth-order valence-corrected chi connectivity index (χ4v) is 2.61. The molecule has 0 saturated heterocycles. The molecule has 0 fully saturated rings. The van der Waals surface area contributed by atoms with Crippen LogP contribution >= 0.6 is 0 Å². The smallest absolute Gasteiger partial charge is 0.220 e. The molecule has 0 bridgehead atoms.